The molecule has 0 amide bonds. The number of aliphatic hydroxyl groups is 1. The number of aliphatic hydroxyl groups excluding tert-OH is 1. The molecule has 9 heteroatoms. The normalized spacial score (nSPS) is 23.3. The molecule has 1 fully saturated rings. The molecule has 1 N–H and O–H groups in total. The van der Waals surface area contributed by atoms with Crippen molar-refractivity contribution in [3.05, 3.63) is 108 Å². The molecule has 0 aliphatic carbocycles. The third-order valence-electron chi connectivity index (χ3n) is 5.48. The fourth-order valence-corrected chi connectivity index (χ4v) is 3.62. The third-order valence-corrected chi connectivity index (χ3v) is 5.48. The van der Waals surface area contributed by atoms with E-state index in [-0.39, 0.29) is 16.7 Å². The smallest absolute Gasteiger partial charge is 0.338 e. The van der Waals surface area contributed by atoms with Crippen LogP contribution in [0.25, 0.3) is 0 Å². The van der Waals surface area contributed by atoms with E-state index < -0.39 is 55.3 Å². The molecule has 0 spiro atoms. The minimum atomic E-state index is -2.10. The Morgan fingerprint density at radius 2 is 1.11 bits per heavy atom. The molecule has 36 heavy (non-hydrogen) atoms. The summed E-state index contributed by atoms with van der Waals surface area (Å²) >= 11 is 0. The molecule has 1 heterocycles. The first-order valence-electron chi connectivity index (χ1n) is 11.2. The van der Waals surface area contributed by atoms with Gasteiger partial charge in [0.1, 0.15) is 12.7 Å². The maximum absolute atomic E-state index is 15.6. The van der Waals surface area contributed by atoms with E-state index in [0.29, 0.717) is 0 Å². The first kappa shape index (κ1) is 25.0. The highest BCUT2D eigenvalue weighted by Crippen LogP contribution is 2.29. The molecule has 3 aromatic rings. The van der Waals surface area contributed by atoms with Gasteiger partial charge in [0.15, 0.2) is 24.7 Å². The van der Waals surface area contributed by atoms with Crippen molar-refractivity contribution in [3.63, 3.8) is 0 Å². The van der Waals surface area contributed by atoms with Gasteiger partial charge in [-0.1, -0.05) is 54.6 Å². The van der Waals surface area contributed by atoms with E-state index in [1.54, 1.807) is 54.6 Å². The van der Waals surface area contributed by atoms with Gasteiger partial charge in [-0.25, -0.2) is 18.8 Å². The van der Waals surface area contributed by atoms with Crippen LogP contribution in [0.5, 0.6) is 0 Å². The Labute approximate surface area is 206 Å². The number of benzene rings is 3. The molecule has 0 aromatic heterocycles. The van der Waals surface area contributed by atoms with Crippen LogP contribution in [0.2, 0.25) is 0 Å². The summed E-state index contributed by atoms with van der Waals surface area (Å²) in [5, 5.41) is 10.6. The molecule has 186 valence electrons. The molecule has 1 aliphatic heterocycles. The van der Waals surface area contributed by atoms with E-state index in [2.05, 4.69) is 0 Å². The lowest BCUT2D eigenvalue weighted by Crippen LogP contribution is -2.60. The van der Waals surface area contributed by atoms with Crippen LogP contribution in [0.4, 0.5) is 4.39 Å². The van der Waals surface area contributed by atoms with Crippen LogP contribution in [0, 0.1) is 0 Å². The average Bonchev–Trinajstić information content (AvgIpc) is 2.92. The van der Waals surface area contributed by atoms with Crippen molar-refractivity contribution in [2.45, 2.75) is 30.8 Å². The second kappa shape index (κ2) is 11.6. The van der Waals surface area contributed by atoms with Gasteiger partial charge in [0, 0.05) is 0 Å². The standard InChI is InChI=1S/C27H23FO8/c28-21-20(16-33-24(29)17-10-4-1-5-11-17)34-27(32)23(36-26(31)19-14-8-3-9-15-19)22(21)35-25(30)18-12-6-2-7-13-18/h1-15,20-23,27,32H,16H2/t20-,21-,22+,23?,27-/m1/s1. The van der Waals surface area contributed by atoms with Gasteiger partial charge in [-0.3, -0.25) is 0 Å². The monoisotopic (exact) mass is 494 g/mol. The second-order valence-electron chi connectivity index (χ2n) is 7.95. The fraction of sp³-hybridized carbons (Fsp3) is 0.222. The van der Waals surface area contributed by atoms with Gasteiger partial charge in [-0.2, -0.15) is 0 Å². The Bertz CT molecular complexity index is 1170. The van der Waals surface area contributed by atoms with Gasteiger partial charge >= 0.3 is 17.9 Å². The van der Waals surface area contributed by atoms with Crippen molar-refractivity contribution in [1.29, 1.82) is 0 Å². The number of rotatable bonds is 7. The SMILES string of the molecule is O=C(OC[C@H]1O[C@@H](O)C(OC(=O)c2ccccc2)[C@@H](OC(=O)c2ccccc2)[C@@H]1F)c1ccccc1. The lowest BCUT2D eigenvalue weighted by molar-refractivity contribution is -0.273. The molecule has 4 rings (SSSR count). The zero-order valence-corrected chi connectivity index (χ0v) is 18.9. The molecule has 1 unspecified atom stereocenters. The molecular formula is C27H23FO8. The van der Waals surface area contributed by atoms with Crippen LogP contribution in [0.15, 0.2) is 91.0 Å². The zero-order valence-electron chi connectivity index (χ0n) is 18.9. The number of hydrogen-bond donors (Lipinski definition) is 1. The van der Waals surface area contributed by atoms with E-state index in [9.17, 15) is 19.5 Å². The topological polar surface area (TPSA) is 108 Å². The van der Waals surface area contributed by atoms with Crippen molar-refractivity contribution in [1.82, 2.24) is 0 Å². The number of carbonyl (C=O) groups excluding carboxylic acids is 3. The van der Waals surface area contributed by atoms with Crippen LogP contribution in [-0.2, 0) is 18.9 Å². The summed E-state index contributed by atoms with van der Waals surface area (Å²) in [6.45, 7) is -0.579. The first-order chi connectivity index (χ1) is 17.4. The first-order valence-corrected chi connectivity index (χ1v) is 11.2. The third kappa shape index (κ3) is 5.94. The van der Waals surface area contributed by atoms with Gasteiger partial charge < -0.3 is 24.1 Å². The summed E-state index contributed by atoms with van der Waals surface area (Å²) in [6.07, 6.45) is -8.87. The Hall–Kier alpha value is -4.08. The molecule has 1 saturated heterocycles. The molecule has 8 nitrogen and oxygen atoms in total. The molecule has 1 aliphatic rings. The number of alkyl halides is 1. The van der Waals surface area contributed by atoms with E-state index in [0.717, 1.165) is 0 Å². The van der Waals surface area contributed by atoms with Crippen LogP contribution in [0.1, 0.15) is 31.1 Å². The second-order valence-corrected chi connectivity index (χ2v) is 7.95. The van der Waals surface area contributed by atoms with Gasteiger partial charge in [0.05, 0.1) is 16.7 Å². The number of carbonyl (C=O) groups is 3. The molecule has 0 bridgehead atoms. The molecule has 3 aromatic carbocycles. The van der Waals surface area contributed by atoms with Crippen molar-refractivity contribution < 1.29 is 42.8 Å². The van der Waals surface area contributed by atoms with Crippen molar-refractivity contribution >= 4 is 17.9 Å². The Morgan fingerprint density at radius 1 is 0.694 bits per heavy atom. The van der Waals surface area contributed by atoms with Crippen molar-refractivity contribution in [2.24, 2.45) is 0 Å². The molecular weight excluding hydrogens is 471 g/mol. The van der Waals surface area contributed by atoms with Crippen molar-refractivity contribution in [3.8, 4) is 0 Å². The van der Waals surface area contributed by atoms with Gasteiger partial charge in [-0.05, 0) is 36.4 Å². The van der Waals surface area contributed by atoms with Gasteiger partial charge in [0.25, 0.3) is 0 Å². The summed E-state index contributed by atoms with van der Waals surface area (Å²) in [5.74, 6) is -2.49. The summed E-state index contributed by atoms with van der Waals surface area (Å²) in [5.41, 5.74) is 0.518. The zero-order chi connectivity index (χ0) is 25.5. The van der Waals surface area contributed by atoms with Crippen LogP contribution < -0.4 is 0 Å². The lowest BCUT2D eigenvalue weighted by atomic mass is 9.99. The van der Waals surface area contributed by atoms with E-state index in [4.69, 9.17) is 18.9 Å². The minimum Gasteiger partial charge on any atom is -0.459 e. The van der Waals surface area contributed by atoms with E-state index >= 15 is 4.39 Å². The lowest BCUT2D eigenvalue weighted by Gasteiger charge is -2.40. The van der Waals surface area contributed by atoms with Gasteiger partial charge in [0.2, 0.25) is 0 Å². The van der Waals surface area contributed by atoms with E-state index in [1.165, 1.54) is 36.4 Å². The number of esters is 3. The summed E-state index contributed by atoms with van der Waals surface area (Å²) in [6, 6.07) is 23.7. The van der Waals surface area contributed by atoms with Crippen molar-refractivity contribution in [2.75, 3.05) is 6.61 Å². The minimum absolute atomic E-state index is 0.130. The highest BCUT2D eigenvalue weighted by Gasteiger charge is 2.51. The molecule has 0 radical (unpaired) electrons. The Balaban J connectivity index is 1.52. The van der Waals surface area contributed by atoms with E-state index in [1.807, 2.05) is 0 Å². The maximum Gasteiger partial charge on any atom is 0.338 e. The predicted molar refractivity (Wildman–Crippen MR) is 124 cm³/mol. The molecule has 0 saturated carbocycles. The Morgan fingerprint density at radius 3 is 1.58 bits per heavy atom. The maximum atomic E-state index is 15.6. The number of hydrogen-bond acceptors (Lipinski definition) is 8. The largest absolute Gasteiger partial charge is 0.459 e. The fourth-order valence-electron chi connectivity index (χ4n) is 3.62. The highest BCUT2D eigenvalue weighted by molar-refractivity contribution is 5.90. The molecule has 5 atom stereocenters. The van der Waals surface area contributed by atoms with Crippen LogP contribution >= 0.6 is 0 Å². The summed E-state index contributed by atoms with van der Waals surface area (Å²) in [4.78, 5) is 37.6. The quantitative estimate of drug-likeness (QED) is 0.394. The van der Waals surface area contributed by atoms with Gasteiger partial charge in [-0.15, -0.1) is 0 Å². The summed E-state index contributed by atoms with van der Waals surface area (Å²) < 4.78 is 36.7. The summed E-state index contributed by atoms with van der Waals surface area (Å²) in [7, 11) is 0. The number of ether oxygens (including phenoxy) is 4. The highest BCUT2D eigenvalue weighted by atomic mass is 19.1. The average molecular weight is 494 g/mol. The Kier molecular flexibility index (Phi) is 8.04. The predicted octanol–water partition coefficient (Wildman–Crippen LogP) is 3.35. The van der Waals surface area contributed by atoms with Crippen LogP contribution in [0.3, 0.4) is 0 Å². The number of halogens is 1. The van der Waals surface area contributed by atoms with Crippen LogP contribution in [-0.4, -0.2) is 60.4 Å².